The van der Waals surface area contributed by atoms with Crippen LogP contribution in [0, 0.1) is 0 Å². The van der Waals surface area contributed by atoms with E-state index in [1.807, 2.05) is 60.8 Å². The summed E-state index contributed by atoms with van der Waals surface area (Å²) in [5, 5.41) is 0. The van der Waals surface area contributed by atoms with Crippen molar-refractivity contribution in [3.63, 3.8) is 0 Å². The molecule has 5 rings (SSSR count). The number of nitrogens with zero attached hydrogens (tertiary/aromatic N) is 2. The lowest BCUT2D eigenvalue weighted by molar-refractivity contribution is 0.524. The molecule has 3 aromatic carbocycles. The van der Waals surface area contributed by atoms with E-state index in [0.717, 1.165) is 22.5 Å². The van der Waals surface area contributed by atoms with Gasteiger partial charge in [-0.05, 0) is 35.7 Å². The summed E-state index contributed by atoms with van der Waals surface area (Å²) in [6.07, 6.45) is 2.53. The minimum Gasteiger partial charge on any atom is -0.364 e. The molecule has 6 heteroatoms. The topological polar surface area (TPSA) is 62.3 Å². The minimum absolute atomic E-state index is 0.252. The number of aromatic nitrogens is 1. The Morgan fingerprint density at radius 3 is 2.21 bits per heavy atom. The van der Waals surface area contributed by atoms with Gasteiger partial charge in [0.15, 0.2) is 0 Å². The molecule has 1 atom stereocenters. The average molecular weight is 456 g/mol. The molecule has 1 aromatic heterocycles. The molecular formula is C27H25N3O2S. The highest BCUT2D eigenvalue weighted by Gasteiger charge is 2.29. The van der Waals surface area contributed by atoms with Gasteiger partial charge in [-0.1, -0.05) is 78.9 Å². The minimum atomic E-state index is -3.61. The predicted octanol–water partition coefficient (Wildman–Crippen LogP) is 4.66. The van der Waals surface area contributed by atoms with Crippen LogP contribution in [0.2, 0.25) is 0 Å². The summed E-state index contributed by atoms with van der Waals surface area (Å²) in [6.45, 7) is 1.25. The molecule has 4 aromatic rings. The first-order valence-electron chi connectivity index (χ1n) is 11.0. The summed E-state index contributed by atoms with van der Waals surface area (Å²) in [5.74, 6) is 0. The van der Waals surface area contributed by atoms with Crippen LogP contribution in [0.3, 0.4) is 0 Å². The van der Waals surface area contributed by atoms with Crippen molar-refractivity contribution in [1.29, 1.82) is 0 Å². The van der Waals surface area contributed by atoms with Gasteiger partial charge < -0.3 is 4.90 Å². The molecule has 0 fully saturated rings. The molecule has 1 unspecified atom stereocenters. The maximum atomic E-state index is 13.0. The molecule has 0 saturated heterocycles. The molecule has 0 radical (unpaired) electrons. The van der Waals surface area contributed by atoms with Crippen LogP contribution in [0.15, 0.2) is 108 Å². The van der Waals surface area contributed by atoms with Crippen LogP contribution in [0.5, 0.6) is 0 Å². The standard InChI is InChI=1S/C27H25N3O2S/c31-33(32,25-14-8-3-9-15-25)29-24-16-23-17-26(22-12-6-2-7-13-22)28-18-27(23)30(20-24)19-21-10-4-1-5-11-21/h1-15,17-18,24,29H,16,19-20H2. The van der Waals surface area contributed by atoms with Crippen molar-refractivity contribution in [2.24, 2.45) is 0 Å². The summed E-state index contributed by atoms with van der Waals surface area (Å²) in [5.41, 5.74) is 5.24. The third kappa shape index (κ3) is 4.82. The Morgan fingerprint density at radius 2 is 1.52 bits per heavy atom. The number of benzene rings is 3. The number of nitrogens with one attached hydrogen (secondary N) is 1. The van der Waals surface area contributed by atoms with E-state index in [0.29, 0.717) is 19.5 Å². The van der Waals surface area contributed by atoms with Crippen molar-refractivity contribution in [2.45, 2.75) is 23.9 Å². The number of pyridine rings is 1. The zero-order valence-electron chi connectivity index (χ0n) is 18.1. The largest absolute Gasteiger partial charge is 0.364 e. The van der Waals surface area contributed by atoms with Gasteiger partial charge in [-0.3, -0.25) is 4.98 Å². The molecule has 2 heterocycles. The Hall–Kier alpha value is -3.48. The number of fused-ring (bicyclic) bond motifs is 1. The van der Waals surface area contributed by atoms with Gasteiger partial charge in [0, 0.05) is 24.7 Å². The average Bonchev–Trinajstić information content (AvgIpc) is 2.85. The van der Waals surface area contributed by atoms with Crippen molar-refractivity contribution in [3.05, 3.63) is 114 Å². The summed E-state index contributed by atoms with van der Waals surface area (Å²) in [7, 11) is -3.61. The van der Waals surface area contributed by atoms with Gasteiger partial charge in [0.1, 0.15) is 0 Å². The van der Waals surface area contributed by atoms with Gasteiger partial charge in [-0.25, -0.2) is 13.1 Å². The molecular weight excluding hydrogens is 430 g/mol. The molecule has 1 aliphatic heterocycles. The molecule has 0 spiro atoms. The summed E-state index contributed by atoms with van der Waals surface area (Å²) >= 11 is 0. The second-order valence-electron chi connectivity index (χ2n) is 8.27. The number of sulfonamides is 1. The highest BCUT2D eigenvalue weighted by atomic mass is 32.2. The second kappa shape index (κ2) is 9.17. The van der Waals surface area contributed by atoms with Crippen molar-refractivity contribution in [3.8, 4) is 11.3 Å². The summed E-state index contributed by atoms with van der Waals surface area (Å²) in [4.78, 5) is 7.22. The molecule has 0 bridgehead atoms. The van der Waals surface area contributed by atoms with Crippen LogP contribution in [-0.4, -0.2) is 26.0 Å². The van der Waals surface area contributed by atoms with E-state index in [9.17, 15) is 8.42 Å². The normalized spacial score (nSPS) is 15.8. The number of hydrogen-bond acceptors (Lipinski definition) is 4. The van der Waals surface area contributed by atoms with E-state index in [2.05, 4.69) is 27.8 Å². The molecule has 0 amide bonds. The molecule has 5 nitrogen and oxygen atoms in total. The Kier molecular flexibility index (Phi) is 5.94. The second-order valence-corrected chi connectivity index (χ2v) is 9.98. The van der Waals surface area contributed by atoms with Gasteiger partial charge in [0.05, 0.1) is 22.5 Å². The zero-order valence-corrected chi connectivity index (χ0v) is 18.9. The molecule has 33 heavy (non-hydrogen) atoms. The van der Waals surface area contributed by atoms with Gasteiger partial charge in [-0.15, -0.1) is 0 Å². The Morgan fingerprint density at radius 1 is 0.879 bits per heavy atom. The fraction of sp³-hybridized carbons (Fsp3) is 0.148. The quantitative estimate of drug-likeness (QED) is 0.459. The molecule has 166 valence electrons. The number of rotatable bonds is 6. The number of anilines is 1. The van der Waals surface area contributed by atoms with Crippen molar-refractivity contribution >= 4 is 15.7 Å². The van der Waals surface area contributed by atoms with Crippen LogP contribution < -0.4 is 9.62 Å². The van der Waals surface area contributed by atoms with Gasteiger partial charge in [0.2, 0.25) is 10.0 Å². The maximum Gasteiger partial charge on any atom is 0.240 e. The van der Waals surface area contributed by atoms with E-state index in [4.69, 9.17) is 4.98 Å². The number of hydrogen-bond donors (Lipinski definition) is 1. The van der Waals surface area contributed by atoms with Gasteiger partial charge in [-0.2, -0.15) is 0 Å². The molecule has 1 aliphatic rings. The van der Waals surface area contributed by atoms with E-state index in [1.54, 1.807) is 24.3 Å². The summed E-state index contributed by atoms with van der Waals surface area (Å²) in [6, 6.07) is 30.6. The van der Waals surface area contributed by atoms with Crippen LogP contribution in [0.1, 0.15) is 11.1 Å². The fourth-order valence-corrected chi connectivity index (χ4v) is 5.57. The Bertz CT molecular complexity index is 1330. The smallest absolute Gasteiger partial charge is 0.240 e. The van der Waals surface area contributed by atoms with Crippen LogP contribution in [0.25, 0.3) is 11.3 Å². The van der Waals surface area contributed by atoms with Gasteiger partial charge in [0.25, 0.3) is 0 Å². The first kappa shape index (κ1) is 21.4. The Labute approximate surface area is 194 Å². The first-order chi connectivity index (χ1) is 16.1. The predicted molar refractivity (Wildman–Crippen MR) is 131 cm³/mol. The maximum absolute atomic E-state index is 13.0. The monoisotopic (exact) mass is 455 g/mol. The highest BCUT2D eigenvalue weighted by Crippen LogP contribution is 2.31. The lowest BCUT2D eigenvalue weighted by Gasteiger charge is -2.36. The van der Waals surface area contributed by atoms with Crippen LogP contribution in [0.4, 0.5) is 5.69 Å². The molecule has 0 aliphatic carbocycles. The lowest BCUT2D eigenvalue weighted by Crippen LogP contribution is -2.48. The van der Waals surface area contributed by atoms with E-state index in [-0.39, 0.29) is 10.9 Å². The van der Waals surface area contributed by atoms with Crippen molar-refractivity contribution < 1.29 is 8.42 Å². The van der Waals surface area contributed by atoms with E-state index in [1.165, 1.54) is 5.56 Å². The third-order valence-electron chi connectivity index (χ3n) is 5.87. The molecule has 1 N–H and O–H groups in total. The summed E-state index contributed by atoms with van der Waals surface area (Å²) < 4.78 is 29.0. The van der Waals surface area contributed by atoms with Gasteiger partial charge >= 0.3 is 0 Å². The third-order valence-corrected chi connectivity index (χ3v) is 7.41. The fourth-order valence-electron chi connectivity index (χ4n) is 4.32. The van der Waals surface area contributed by atoms with Crippen LogP contribution in [-0.2, 0) is 23.0 Å². The first-order valence-corrected chi connectivity index (χ1v) is 12.5. The highest BCUT2D eigenvalue weighted by molar-refractivity contribution is 7.89. The van der Waals surface area contributed by atoms with E-state index < -0.39 is 10.0 Å². The van der Waals surface area contributed by atoms with Crippen LogP contribution >= 0.6 is 0 Å². The van der Waals surface area contributed by atoms with Crippen molar-refractivity contribution in [2.75, 3.05) is 11.4 Å². The zero-order chi connectivity index (χ0) is 22.7. The van der Waals surface area contributed by atoms with E-state index >= 15 is 0 Å². The van der Waals surface area contributed by atoms with Crippen molar-refractivity contribution in [1.82, 2.24) is 9.71 Å². The SMILES string of the molecule is O=S(=O)(NC1Cc2cc(-c3ccccc3)ncc2N(Cc2ccccc2)C1)c1ccccc1. The Balaban J connectivity index is 1.48. The molecule has 0 saturated carbocycles. The lowest BCUT2D eigenvalue weighted by atomic mass is 9.97.